The van der Waals surface area contributed by atoms with Gasteiger partial charge in [0.1, 0.15) is 5.03 Å². The molecule has 0 radical (unpaired) electrons. The summed E-state index contributed by atoms with van der Waals surface area (Å²) in [7, 11) is 0. The van der Waals surface area contributed by atoms with Crippen molar-refractivity contribution in [3.8, 4) is 5.75 Å². The summed E-state index contributed by atoms with van der Waals surface area (Å²) in [4.78, 5) is 10.8. The lowest BCUT2D eigenvalue weighted by atomic mass is 10.3. The van der Waals surface area contributed by atoms with Crippen molar-refractivity contribution in [2.45, 2.75) is 0 Å². The van der Waals surface area contributed by atoms with Crippen LogP contribution in [0.25, 0.3) is 0 Å². The van der Waals surface area contributed by atoms with Gasteiger partial charge in [0.15, 0.2) is 11.6 Å². The van der Waals surface area contributed by atoms with E-state index in [9.17, 15) is 22.4 Å². The topological polar surface area (TPSA) is 26.3 Å². The molecule has 0 saturated carbocycles. The number of rotatable bonds is 2. The fourth-order valence-electron chi connectivity index (χ4n) is 0.789. The first kappa shape index (κ1) is 12.5. The van der Waals surface area contributed by atoms with Crippen molar-refractivity contribution in [3.05, 3.63) is 40.9 Å². The van der Waals surface area contributed by atoms with Crippen LogP contribution in [0, 0.1) is 23.3 Å². The van der Waals surface area contributed by atoms with Crippen LogP contribution in [0.4, 0.5) is 17.6 Å². The van der Waals surface area contributed by atoms with Gasteiger partial charge in [0.25, 0.3) is 0 Å². The third-order valence-electron chi connectivity index (χ3n) is 1.49. The average Bonchev–Trinajstić information content (AvgIpc) is 2.21. The maximum Gasteiger partial charge on any atom is 0.354 e. The van der Waals surface area contributed by atoms with Gasteiger partial charge in [-0.25, -0.2) is 13.6 Å². The van der Waals surface area contributed by atoms with Crippen LogP contribution < -0.4 is 4.74 Å². The summed E-state index contributed by atoms with van der Waals surface area (Å²) in [5, 5.41) is -0.691. The molecule has 0 aliphatic heterocycles. The van der Waals surface area contributed by atoms with E-state index in [1.54, 1.807) is 0 Å². The second-order valence-corrected chi connectivity index (χ2v) is 3.05. The minimum Gasteiger partial charge on any atom is -0.416 e. The van der Waals surface area contributed by atoms with Crippen molar-refractivity contribution < 1.29 is 27.1 Å². The van der Waals surface area contributed by atoms with Gasteiger partial charge in [-0.15, -0.1) is 0 Å². The van der Waals surface area contributed by atoms with E-state index in [1.807, 2.05) is 0 Å². The van der Waals surface area contributed by atoms with Gasteiger partial charge in [0.2, 0.25) is 17.4 Å². The summed E-state index contributed by atoms with van der Waals surface area (Å²) in [6.45, 7) is 2.91. The third-order valence-corrected chi connectivity index (χ3v) is 1.64. The largest absolute Gasteiger partial charge is 0.416 e. The molecule has 0 spiro atoms. The Balaban J connectivity index is 3.22. The van der Waals surface area contributed by atoms with E-state index in [-0.39, 0.29) is 6.07 Å². The van der Waals surface area contributed by atoms with E-state index in [2.05, 4.69) is 11.3 Å². The van der Waals surface area contributed by atoms with Crippen LogP contribution in [0.15, 0.2) is 17.7 Å². The summed E-state index contributed by atoms with van der Waals surface area (Å²) in [6.07, 6.45) is 0. The summed E-state index contributed by atoms with van der Waals surface area (Å²) >= 11 is 5.06. The summed E-state index contributed by atoms with van der Waals surface area (Å²) in [6, 6.07) is -0.0163. The SMILES string of the molecule is C=C(Cl)C(=O)Oc1c(F)c(F)cc(F)c1F. The smallest absolute Gasteiger partial charge is 0.354 e. The molecule has 16 heavy (non-hydrogen) atoms. The molecular formula is C9H3ClF4O2. The van der Waals surface area contributed by atoms with E-state index in [0.717, 1.165) is 0 Å². The van der Waals surface area contributed by atoms with E-state index in [1.165, 1.54) is 0 Å². The van der Waals surface area contributed by atoms with Gasteiger partial charge in [0, 0.05) is 6.07 Å². The molecule has 1 aromatic rings. The Bertz CT molecular complexity index is 447. The number of hydrogen-bond donors (Lipinski definition) is 0. The average molecular weight is 255 g/mol. The molecular weight excluding hydrogens is 252 g/mol. The molecule has 0 N–H and O–H groups in total. The highest BCUT2D eigenvalue weighted by molar-refractivity contribution is 6.41. The molecule has 0 unspecified atom stereocenters. The standard InChI is InChI=1S/C9H3ClF4O2/c1-3(10)9(15)16-8-6(13)4(11)2-5(12)7(8)14/h2H,1H2. The first-order valence-corrected chi connectivity index (χ1v) is 4.12. The molecule has 0 saturated heterocycles. The molecule has 0 bridgehead atoms. The van der Waals surface area contributed by atoms with Crippen LogP contribution in [0.2, 0.25) is 0 Å². The molecule has 2 nitrogen and oxygen atoms in total. The first-order valence-electron chi connectivity index (χ1n) is 3.74. The number of benzene rings is 1. The zero-order chi connectivity index (χ0) is 12.5. The minimum absolute atomic E-state index is 0.0163. The van der Waals surface area contributed by atoms with Crippen LogP contribution in [-0.2, 0) is 4.79 Å². The van der Waals surface area contributed by atoms with E-state index >= 15 is 0 Å². The van der Waals surface area contributed by atoms with Gasteiger partial charge in [-0.1, -0.05) is 18.2 Å². The molecule has 0 heterocycles. The fraction of sp³-hybridized carbons (Fsp3) is 0. The molecule has 0 aromatic heterocycles. The predicted octanol–water partition coefficient (Wildman–Crippen LogP) is 2.90. The van der Waals surface area contributed by atoms with Crippen molar-refractivity contribution in [3.63, 3.8) is 0 Å². The molecule has 0 fully saturated rings. The number of hydrogen-bond acceptors (Lipinski definition) is 2. The molecule has 0 amide bonds. The monoisotopic (exact) mass is 254 g/mol. The highest BCUT2D eigenvalue weighted by Gasteiger charge is 2.23. The number of halogens is 5. The highest BCUT2D eigenvalue weighted by atomic mass is 35.5. The second-order valence-electron chi connectivity index (χ2n) is 2.59. The van der Waals surface area contributed by atoms with Crippen LogP contribution in [0.1, 0.15) is 0 Å². The molecule has 0 atom stereocenters. The molecule has 1 rings (SSSR count). The molecule has 1 aromatic carbocycles. The Morgan fingerprint density at radius 1 is 1.19 bits per heavy atom. The molecule has 7 heteroatoms. The van der Waals surface area contributed by atoms with Crippen LogP contribution >= 0.6 is 11.6 Å². The maximum absolute atomic E-state index is 12.9. The van der Waals surface area contributed by atoms with Crippen molar-refractivity contribution in [2.24, 2.45) is 0 Å². The van der Waals surface area contributed by atoms with E-state index in [4.69, 9.17) is 11.6 Å². The van der Waals surface area contributed by atoms with E-state index in [0.29, 0.717) is 0 Å². The third kappa shape index (κ3) is 2.33. The number of ether oxygens (including phenoxy) is 1. The second kappa shape index (κ2) is 4.52. The van der Waals surface area contributed by atoms with Gasteiger partial charge >= 0.3 is 5.97 Å². The first-order chi connectivity index (χ1) is 7.34. The number of carbonyl (C=O) groups is 1. The van der Waals surface area contributed by atoms with Crippen molar-refractivity contribution in [1.82, 2.24) is 0 Å². The fourth-order valence-corrected chi connectivity index (χ4v) is 0.828. The quantitative estimate of drug-likeness (QED) is 0.267. The Hall–Kier alpha value is -1.56. The summed E-state index contributed by atoms with van der Waals surface area (Å²) in [5.74, 6) is -9.95. The van der Waals surface area contributed by atoms with Crippen LogP contribution in [-0.4, -0.2) is 5.97 Å². The van der Waals surface area contributed by atoms with Crippen molar-refractivity contribution >= 4 is 17.6 Å². The van der Waals surface area contributed by atoms with E-state index < -0.39 is 40.0 Å². The molecule has 86 valence electrons. The normalized spacial score (nSPS) is 10.1. The Labute approximate surface area is 92.1 Å². The van der Waals surface area contributed by atoms with Gasteiger partial charge in [-0.3, -0.25) is 0 Å². The zero-order valence-electron chi connectivity index (χ0n) is 7.49. The number of esters is 1. The van der Waals surface area contributed by atoms with Crippen molar-refractivity contribution in [1.29, 1.82) is 0 Å². The predicted molar refractivity (Wildman–Crippen MR) is 46.9 cm³/mol. The Kier molecular flexibility index (Phi) is 3.54. The molecule has 0 aliphatic rings. The van der Waals surface area contributed by atoms with Crippen LogP contribution in [0.3, 0.4) is 0 Å². The Morgan fingerprint density at radius 2 is 1.62 bits per heavy atom. The lowest BCUT2D eigenvalue weighted by molar-refractivity contribution is -0.129. The summed E-state index contributed by atoms with van der Waals surface area (Å²) in [5.41, 5.74) is 0. The zero-order valence-corrected chi connectivity index (χ0v) is 8.25. The van der Waals surface area contributed by atoms with Gasteiger partial charge in [-0.2, -0.15) is 8.78 Å². The van der Waals surface area contributed by atoms with Crippen LogP contribution in [0.5, 0.6) is 5.75 Å². The van der Waals surface area contributed by atoms with Gasteiger partial charge in [0.05, 0.1) is 0 Å². The van der Waals surface area contributed by atoms with Crippen molar-refractivity contribution in [2.75, 3.05) is 0 Å². The molecule has 0 aliphatic carbocycles. The maximum atomic E-state index is 12.9. The van der Waals surface area contributed by atoms with Gasteiger partial charge < -0.3 is 4.74 Å². The lowest BCUT2D eigenvalue weighted by Crippen LogP contribution is -2.11. The summed E-state index contributed by atoms with van der Waals surface area (Å²) < 4.78 is 55.2. The van der Waals surface area contributed by atoms with Gasteiger partial charge in [-0.05, 0) is 0 Å². The highest BCUT2D eigenvalue weighted by Crippen LogP contribution is 2.27. The lowest BCUT2D eigenvalue weighted by Gasteiger charge is -2.06. The Morgan fingerprint density at radius 3 is 2.00 bits per heavy atom. The minimum atomic E-state index is -1.83. The number of carbonyl (C=O) groups excluding carboxylic acids is 1.